The number of benzene rings is 2. The molecule has 0 aliphatic carbocycles. The molecule has 0 amide bonds. The standard InChI is InChI=1S/C21H17BrCl2N6S/c22-16-4-1-14(2-5-16)10-29-12-18(8-25-29)27-21(31)28-19-9-26-30(13-19)11-15-3-6-17(23)7-20(15)24/h1-9,12-13H,10-11H2,(H2,27,28,31). The molecule has 0 radical (unpaired) electrons. The Hall–Kier alpha value is -2.39. The Bertz CT molecular complexity index is 1200. The Labute approximate surface area is 203 Å². The van der Waals surface area contributed by atoms with Gasteiger partial charge >= 0.3 is 0 Å². The highest BCUT2D eigenvalue weighted by atomic mass is 79.9. The van der Waals surface area contributed by atoms with Crippen LogP contribution in [-0.4, -0.2) is 24.7 Å². The van der Waals surface area contributed by atoms with Gasteiger partial charge in [0.2, 0.25) is 0 Å². The largest absolute Gasteiger partial charge is 0.330 e. The van der Waals surface area contributed by atoms with Crippen molar-refractivity contribution in [2.75, 3.05) is 10.6 Å². The second kappa shape index (κ2) is 9.82. The maximum absolute atomic E-state index is 6.24. The van der Waals surface area contributed by atoms with Crippen LogP contribution in [0.5, 0.6) is 0 Å². The normalized spacial score (nSPS) is 10.8. The molecule has 158 valence electrons. The number of nitrogens with zero attached hydrogens (tertiary/aromatic N) is 4. The van der Waals surface area contributed by atoms with E-state index in [9.17, 15) is 0 Å². The summed E-state index contributed by atoms with van der Waals surface area (Å²) in [6, 6.07) is 13.5. The lowest BCUT2D eigenvalue weighted by Gasteiger charge is -2.07. The molecule has 2 heterocycles. The molecule has 0 bridgehead atoms. The molecule has 0 aliphatic heterocycles. The molecule has 0 aliphatic rings. The van der Waals surface area contributed by atoms with Crippen molar-refractivity contribution in [1.82, 2.24) is 19.6 Å². The van der Waals surface area contributed by atoms with Gasteiger partial charge in [0, 0.05) is 26.9 Å². The van der Waals surface area contributed by atoms with Crippen molar-refractivity contribution in [2.45, 2.75) is 13.1 Å². The van der Waals surface area contributed by atoms with Gasteiger partial charge in [-0.3, -0.25) is 9.36 Å². The van der Waals surface area contributed by atoms with Crippen molar-refractivity contribution < 1.29 is 0 Å². The highest BCUT2D eigenvalue weighted by Gasteiger charge is 2.07. The van der Waals surface area contributed by atoms with Crippen LogP contribution in [0.15, 0.2) is 71.7 Å². The minimum Gasteiger partial charge on any atom is -0.330 e. The number of halogens is 3. The van der Waals surface area contributed by atoms with Crippen molar-refractivity contribution >= 4 is 67.8 Å². The summed E-state index contributed by atoms with van der Waals surface area (Å²) in [4.78, 5) is 0. The smallest absolute Gasteiger partial charge is 0.175 e. The van der Waals surface area contributed by atoms with E-state index in [1.165, 1.54) is 0 Å². The van der Waals surface area contributed by atoms with Crippen LogP contribution in [0.4, 0.5) is 11.4 Å². The molecule has 10 heteroatoms. The van der Waals surface area contributed by atoms with Crippen LogP contribution in [0.3, 0.4) is 0 Å². The van der Waals surface area contributed by atoms with E-state index in [1.807, 2.05) is 35.3 Å². The van der Waals surface area contributed by atoms with Gasteiger partial charge in [-0.1, -0.05) is 57.3 Å². The summed E-state index contributed by atoms with van der Waals surface area (Å²) in [5.74, 6) is 0. The Kier molecular flexibility index (Phi) is 6.92. The van der Waals surface area contributed by atoms with Crippen molar-refractivity contribution in [3.63, 3.8) is 0 Å². The lowest BCUT2D eigenvalue weighted by atomic mass is 10.2. The van der Waals surface area contributed by atoms with Gasteiger partial charge in [-0.05, 0) is 47.6 Å². The third-order valence-electron chi connectivity index (χ3n) is 4.39. The third kappa shape index (κ3) is 6.07. The summed E-state index contributed by atoms with van der Waals surface area (Å²) in [6.07, 6.45) is 7.20. The van der Waals surface area contributed by atoms with E-state index in [1.54, 1.807) is 29.2 Å². The third-order valence-corrected chi connectivity index (χ3v) is 5.71. The van der Waals surface area contributed by atoms with Gasteiger partial charge in [0.15, 0.2) is 5.11 Å². The first-order valence-electron chi connectivity index (χ1n) is 9.26. The molecule has 0 saturated heterocycles. The van der Waals surface area contributed by atoms with Gasteiger partial charge in [-0.2, -0.15) is 10.2 Å². The van der Waals surface area contributed by atoms with Crippen LogP contribution >= 0.6 is 51.3 Å². The molecule has 4 aromatic rings. The van der Waals surface area contributed by atoms with Crippen LogP contribution in [0.25, 0.3) is 0 Å². The first-order valence-corrected chi connectivity index (χ1v) is 11.2. The Morgan fingerprint density at radius 1 is 0.903 bits per heavy atom. The first kappa shape index (κ1) is 21.8. The number of thiocarbonyl (C=S) groups is 1. The summed E-state index contributed by atoms with van der Waals surface area (Å²) in [6.45, 7) is 1.20. The van der Waals surface area contributed by atoms with Crippen LogP contribution in [0, 0.1) is 0 Å². The lowest BCUT2D eigenvalue weighted by Crippen LogP contribution is -2.18. The molecular weight excluding hydrogens is 519 g/mol. The van der Waals surface area contributed by atoms with E-state index in [-0.39, 0.29) is 0 Å². The quantitative estimate of drug-likeness (QED) is 0.294. The fraction of sp³-hybridized carbons (Fsp3) is 0.0952. The van der Waals surface area contributed by atoms with Gasteiger partial charge in [0.1, 0.15) is 0 Å². The molecule has 0 saturated carbocycles. The Morgan fingerprint density at radius 3 is 2.13 bits per heavy atom. The number of aromatic nitrogens is 4. The molecule has 0 unspecified atom stereocenters. The number of nitrogens with one attached hydrogen (secondary N) is 2. The fourth-order valence-corrected chi connectivity index (χ4v) is 3.89. The number of anilines is 2. The molecule has 6 nitrogen and oxygen atoms in total. The number of hydrogen-bond donors (Lipinski definition) is 2. The van der Waals surface area contributed by atoms with Crippen molar-refractivity contribution in [3.8, 4) is 0 Å². The van der Waals surface area contributed by atoms with E-state index in [2.05, 4.69) is 48.9 Å². The fourth-order valence-electron chi connectivity index (χ4n) is 2.92. The number of rotatable bonds is 6. The molecule has 0 fully saturated rings. The summed E-state index contributed by atoms with van der Waals surface area (Å²) in [5.41, 5.74) is 3.66. The molecule has 2 N–H and O–H groups in total. The van der Waals surface area contributed by atoms with Crippen molar-refractivity contribution in [3.05, 3.63) is 92.9 Å². The van der Waals surface area contributed by atoms with Gasteiger partial charge in [-0.15, -0.1) is 0 Å². The Balaban J connectivity index is 1.32. The maximum atomic E-state index is 6.24. The highest BCUT2D eigenvalue weighted by molar-refractivity contribution is 9.10. The second-order valence-corrected chi connectivity index (χ2v) is 8.96. The summed E-state index contributed by atoms with van der Waals surface area (Å²) < 4.78 is 4.67. The minimum atomic E-state index is 0.451. The topological polar surface area (TPSA) is 59.7 Å². The molecule has 31 heavy (non-hydrogen) atoms. The second-order valence-electron chi connectivity index (χ2n) is 6.79. The van der Waals surface area contributed by atoms with Gasteiger partial charge < -0.3 is 10.6 Å². The lowest BCUT2D eigenvalue weighted by molar-refractivity contribution is 0.687. The van der Waals surface area contributed by atoms with Crippen LogP contribution in [-0.2, 0) is 13.1 Å². The van der Waals surface area contributed by atoms with Crippen LogP contribution < -0.4 is 10.6 Å². The molecule has 2 aromatic carbocycles. The molecule has 0 spiro atoms. The van der Waals surface area contributed by atoms with Crippen molar-refractivity contribution in [2.24, 2.45) is 0 Å². The minimum absolute atomic E-state index is 0.451. The summed E-state index contributed by atoms with van der Waals surface area (Å²) in [7, 11) is 0. The van der Waals surface area contributed by atoms with E-state index in [0.29, 0.717) is 28.2 Å². The van der Waals surface area contributed by atoms with E-state index < -0.39 is 0 Å². The average Bonchev–Trinajstić information content (AvgIpc) is 3.35. The predicted octanol–water partition coefficient (Wildman–Crippen LogP) is 6.05. The SMILES string of the molecule is S=C(Nc1cnn(Cc2ccc(Br)cc2)c1)Nc1cnn(Cc2ccc(Cl)cc2Cl)c1. The van der Waals surface area contributed by atoms with Gasteiger partial charge in [0.05, 0.1) is 36.9 Å². The monoisotopic (exact) mass is 534 g/mol. The highest BCUT2D eigenvalue weighted by Crippen LogP contribution is 2.22. The summed E-state index contributed by atoms with van der Waals surface area (Å²) in [5, 5.41) is 16.6. The van der Waals surface area contributed by atoms with E-state index in [4.69, 9.17) is 35.4 Å². The molecule has 0 atom stereocenters. The maximum Gasteiger partial charge on any atom is 0.175 e. The van der Waals surface area contributed by atoms with Crippen LogP contribution in [0.1, 0.15) is 11.1 Å². The zero-order valence-electron chi connectivity index (χ0n) is 16.1. The van der Waals surface area contributed by atoms with Crippen LogP contribution in [0.2, 0.25) is 10.0 Å². The molecular formula is C21H17BrCl2N6S. The first-order chi connectivity index (χ1) is 14.9. The number of hydrogen-bond acceptors (Lipinski definition) is 3. The van der Waals surface area contributed by atoms with E-state index in [0.717, 1.165) is 27.0 Å². The molecule has 2 aromatic heterocycles. The average molecular weight is 536 g/mol. The summed E-state index contributed by atoms with van der Waals surface area (Å²) >= 11 is 21.0. The zero-order chi connectivity index (χ0) is 21.8. The van der Waals surface area contributed by atoms with Gasteiger partial charge in [0.25, 0.3) is 0 Å². The van der Waals surface area contributed by atoms with Crippen molar-refractivity contribution in [1.29, 1.82) is 0 Å². The Morgan fingerprint density at radius 2 is 1.52 bits per heavy atom. The van der Waals surface area contributed by atoms with E-state index >= 15 is 0 Å². The van der Waals surface area contributed by atoms with Gasteiger partial charge in [-0.25, -0.2) is 0 Å². The predicted molar refractivity (Wildman–Crippen MR) is 133 cm³/mol. The molecule has 4 rings (SSSR count). The zero-order valence-corrected chi connectivity index (χ0v) is 20.0.